The number of phenols is 1. The Morgan fingerprint density at radius 3 is 2.57 bits per heavy atom. The van der Waals surface area contributed by atoms with E-state index in [9.17, 15) is 24.2 Å². The fraction of sp³-hybridized carbons (Fsp3) is 0.364. The fourth-order valence-electron chi connectivity index (χ4n) is 2.88. The highest BCUT2D eigenvalue weighted by Gasteiger charge is 2.17. The summed E-state index contributed by atoms with van der Waals surface area (Å²) < 4.78 is 19.6. The lowest BCUT2D eigenvalue weighted by molar-refractivity contribution is -0.136. The minimum atomic E-state index is -1.10. The van der Waals surface area contributed by atoms with Gasteiger partial charge in [-0.2, -0.15) is 0 Å². The summed E-state index contributed by atoms with van der Waals surface area (Å²) >= 11 is 1.22. The number of halogens is 1. The third-order valence-corrected chi connectivity index (χ3v) is 5.50. The number of rotatable bonds is 11. The van der Waals surface area contributed by atoms with Gasteiger partial charge in [0.25, 0.3) is 0 Å². The number of hydrogen-bond donors (Lipinski definition) is 3. The fourth-order valence-corrected chi connectivity index (χ4v) is 3.71. The van der Waals surface area contributed by atoms with E-state index in [0.29, 0.717) is 22.6 Å². The number of aliphatic hydroxyl groups is 1. The molecule has 0 radical (unpaired) electrons. The van der Waals surface area contributed by atoms with Crippen molar-refractivity contribution in [1.29, 1.82) is 0 Å². The van der Waals surface area contributed by atoms with Crippen LogP contribution in [0.2, 0.25) is 0 Å². The van der Waals surface area contributed by atoms with Crippen LogP contribution in [0.3, 0.4) is 0 Å². The highest BCUT2D eigenvalue weighted by Crippen LogP contribution is 2.33. The lowest BCUT2D eigenvalue weighted by atomic mass is 10.0. The standard InChI is InChI=1S/C22H25FO6S/c1-3-4-18-20(8-7-17(13(2)24)22(18)28)29-11-15(25)12-30-16-6-5-14(9-21(26)27)19(23)10-16/h5-8,10,15,25,28H,3-4,9,11-12H2,1-2H3,(H,26,27). The van der Waals surface area contributed by atoms with Gasteiger partial charge in [-0.25, -0.2) is 4.39 Å². The zero-order valence-corrected chi connectivity index (χ0v) is 17.7. The topological polar surface area (TPSA) is 104 Å². The Balaban J connectivity index is 1.97. The summed E-state index contributed by atoms with van der Waals surface area (Å²) in [4.78, 5) is 22.9. The Hall–Kier alpha value is -2.58. The van der Waals surface area contributed by atoms with Crippen LogP contribution in [0, 0.1) is 5.82 Å². The SMILES string of the molecule is CCCc1c(OCC(O)CSc2ccc(CC(=O)O)c(F)c2)ccc(C(C)=O)c1O. The number of carboxylic acid groups (broad SMARTS) is 1. The van der Waals surface area contributed by atoms with E-state index in [1.165, 1.54) is 36.9 Å². The van der Waals surface area contributed by atoms with Crippen LogP contribution >= 0.6 is 11.8 Å². The first-order chi connectivity index (χ1) is 14.2. The van der Waals surface area contributed by atoms with Crippen LogP contribution in [-0.4, -0.2) is 45.5 Å². The number of benzene rings is 2. The van der Waals surface area contributed by atoms with Crippen LogP contribution in [0.15, 0.2) is 35.2 Å². The number of thioether (sulfide) groups is 1. The highest BCUT2D eigenvalue weighted by molar-refractivity contribution is 7.99. The van der Waals surface area contributed by atoms with Gasteiger partial charge in [-0.1, -0.05) is 19.4 Å². The lowest BCUT2D eigenvalue weighted by Gasteiger charge is -2.17. The van der Waals surface area contributed by atoms with Crippen molar-refractivity contribution in [2.75, 3.05) is 12.4 Å². The second kappa shape index (κ2) is 11.0. The molecule has 0 saturated heterocycles. The molecule has 8 heteroatoms. The van der Waals surface area contributed by atoms with Gasteiger partial charge in [-0.05, 0) is 43.2 Å². The Kier molecular flexibility index (Phi) is 8.68. The number of phenolic OH excluding ortho intramolecular Hbond substituents is 1. The molecule has 0 aliphatic heterocycles. The van der Waals surface area contributed by atoms with E-state index in [0.717, 1.165) is 6.42 Å². The van der Waals surface area contributed by atoms with Gasteiger partial charge >= 0.3 is 5.97 Å². The monoisotopic (exact) mass is 436 g/mol. The van der Waals surface area contributed by atoms with E-state index in [-0.39, 0.29) is 41.4 Å². The molecule has 162 valence electrons. The third kappa shape index (κ3) is 6.47. The number of hydrogen-bond acceptors (Lipinski definition) is 6. The molecule has 2 aromatic carbocycles. The zero-order valence-electron chi connectivity index (χ0n) is 16.9. The molecule has 1 unspecified atom stereocenters. The minimum absolute atomic E-state index is 0.0395. The van der Waals surface area contributed by atoms with Gasteiger partial charge in [0.05, 0.1) is 18.1 Å². The number of aliphatic carboxylic acids is 1. The van der Waals surface area contributed by atoms with Gasteiger partial charge in [0.2, 0.25) is 0 Å². The number of ether oxygens (including phenoxy) is 1. The Morgan fingerprint density at radius 2 is 1.97 bits per heavy atom. The van der Waals surface area contributed by atoms with Gasteiger partial charge < -0.3 is 20.1 Å². The van der Waals surface area contributed by atoms with E-state index in [1.807, 2.05) is 6.92 Å². The first kappa shape index (κ1) is 23.7. The van der Waals surface area contributed by atoms with Gasteiger partial charge in [0.1, 0.15) is 23.9 Å². The summed E-state index contributed by atoms with van der Waals surface area (Å²) in [6.45, 7) is 3.28. The molecule has 3 N–H and O–H groups in total. The third-order valence-electron chi connectivity index (χ3n) is 4.36. The zero-order chi connectivity index (χ0) is 22.3. The van der Waals surface area contributed by atoms with Gasteiger partial charge in [0, 0.05) is 16.2 Å². The predicted molar refractivity (Wildman–Crippen MR) is 112 cm³/mol. The number of ketones is 1. The van der Waals surface area contributed by atoms with Crippen molar-refractivity contribution in [3.05, 3.63) is 52.8 Å². The Bertz CT molecular complexity index is 915. The summed E-state index contributed by atoms with van der Waals surface area (Å²) in [5.74, 6) is -1.40. The quantitative estimate of drug-likeness (QED) is 0.363. The van der Waals surface area contributed by atoms with Crippen LogP contribution in [-0.2, 0) is 17.6 Å². The molecule has 30 heavy (non-hydrogen) atoms. The first-order valence-corrected chi connectivity index (χ1v) is 10.5. The summed E-state index contributed by atoms with van der Waals surface area (Å²) in [5, 5.41) is 29.3. The largest absolute Gasteiger partial charge is 0.507 e. The number of Topliss-reactive ketones (excluding diaryl/α,β-unsaturated/α-hetero) is 1. The smallest absolute Gasteiger partial charge is 0.307 e. The molecule has 2 rings (SSSR count). The van der Waals surface area contributed by atoms with Gasteiger partial charge in [0.15, 0.2) is 5.78 Å². The van der Waals surface area contributed by atoms with Crippen LogP contribution in [0.1, 0.15) is 41.8 Å². The van der Waals surface area contributed by atoms with E-state index in [1.54, 1.807) is 12.1 Å². The lowest BCUT2D eigenvalue weighted by Crippen LogP contribution is -2.20. The van der Waals surface area contributed by atoms with Crippen molar-refractivity contribution in [2.24, 2.45) is 0 Å². The van der Waals surface area contributed by atoms with Crippen LogP contribution < -0.4 is 4.74 Å². The number of aliphatic hydroxyl groups excluding tert-OH is 1. The van der Waals surface area contributed by atoms with E-state index < -0.39 is 17.9 Å². The molecule has 0 aromatic heterocycles. The van der Waals surface area contributed by atoms with Crippen LogP contribution in [0.25, 0.3) is 0 Å². The molecule has 0 bridgehead atoms. The Morgan fingerprint density at radius 1 is 1.23 bits per heavy atom. The molecular formula is C22H25FO6S. The van der Waals surface area contributed by atoms with Crippen LogP contribution in [0.5, 0.6) is 11.5 Å². The van der Waals surface area contributed by atoms with E-state index >= 15 is 0 Å². The summed E-state index contributed by atoms with van der Waals surface area (Å²) in [6.07, 6.45) is 0.0195. The molecule has 0 spiro atoms. The second-order valence-corrected chi connectivity index (χ2v) is 7.94. The molecule has 2 aromatic rings. The van der Waals surface area contributed by atoms with Crippen molar-refractivity contribution >= 4 is 23.5 Å². The maximum atomic E-state index is 13.9. The second-order valence-electron chi connectivity index (χ2n) is 6.84. The highest BCUT2D eigenvalue weighted by atomic mass is 32.2. The van der Waals surface area contributed by atoms with E-state index in [4.69, 9.17) is 9.84 Å². The van der Waals surface area contributed by atoms with Crippen molar-refractivity contribution in [3.8, 4) is 11.5 Å². The molecule has 0 saturated carbocycles. The minimum Gasteiger partial charge on any atom is -0.507 e. The van der Waals surface area contributed by atoms with Crippen molar-refractivity contribution in [2.45, 2.75) is 44.1 Å². The maximum Gasteiger partial charge on any atom is 0.307 e. The average Bonchev–Trinajstić information content (AvgIpc) is 2.68. The number of carbonyl (C=O) groups excluding carboxylic acids is 1. The molecule has 0 aliphatic carbocycles. The van der Waals surface area contributed by atoms with Crippen molar-refractivity contribution in [3.63, 3.8) is 0 Å². The van der Waals surface area contributed by atoms with Crippen LogP contribution in [0.4, 0.5) is 4.39 Å². The maximum absolute atomic E-state index is 13.9. The molecule has 6 nitrogen and oxygen atoms in total. The number of carboxylic acids is 1. The molecule has 0 aliphatic rings. The first-order valence-electron chi connectivity index (χ1n) is 9.52. The van der Waals surface area contributed by atoms with Crippen molar-refractivity contribution < 1.29 is 34.0 Å². The molecule has 0 heterocycles. The number of aromatic hydroxyl groups is 1. The molecule has 0 fully saturated rings. The van der Waals surface area contributed by atoms with E-state index in [2.05, 4.69) is 0 Å². The summed E-state index contributed by atoms with van der Waals surface area (Å²) in [5.41, 5.74) is 0.865. The Labute approximate surface area is 178 Å². The predicted octanol–water partition coefficient (Wildman–Crippen LogP) is 3.85. The number of carbonyl (C=O) groups is 2. The van der Waals surface area contributed by atoms with Crippen molar-refractivity contribution in [1.82, 2.24) is 0 Å². The van der Waals surface area contributed by atoms with Gasteiger partial charge in [-0.3, -0.25) is 9.59 Å². The summed E-state index contributed by atoms with van der Waals surface area (Å²) in [6, 6.07) is 7.38. The normalized spacial score (nSPS) is 11.9. The molecule has 0 amide bonds. The average molecular weight is 437 g/mol. The summed E-state index contributed by atoms with van der Waals surface area (Å²) in [7, 11) is 0. The molecular weight excluding hydrogens is 411 g/mol. The van der Waals surface area contributed by atoms with Gasteiger partial charge in [-0.15, -0.1) is 11.8 Å². The molecule has 1 atom stereocenters.